The van der Waals surface area contributed by atoms with E-state index in [0.29, 0.717) is 41.4 Å². The zero-order valence-electron chi connectivity index (χ0n) is 19.6. The maximum absolute atomic E-state index is 15.3. The van der Waals surface area contributed by atoms with Crippen LogP contribution in [0, 0.1) is 5.82 Å². The first-order valence-electron chi connectivity index (χ1n) is 11.5. The fourth-order valence-electron chi connectivity index (χ4n) is 4.21. The quantitative estimate of drug-likeness (QED) is 0.272. The number of nitrogen functional groups attached to an aromatic ring is 1. The minimum atomic E-state index is -0.507. The van der Waals surface area contributed by atoms with E-state index in [1.807, 2.05) is 22.6 Å². The van der Waals surface area contributed by atoms with Crippen LogP contribution in [0.1, 0.15) is 24.6 Å². The lowest BCUT2D eigenvalue weighted by molar-refractivity contribution is -0.123. The van der Waals surface area contributed by atoms with Gasteiger partial charge in [0.2, 0.25) is 0 Å². The van der Waals surface area contributed by atoms with Crippen LogP contribution in [0.25, 0.3) is 16.8 Å². The van der Waals surface area contributed by atoms with Crippen LogP contribution in [0.4, 0.5) is 10.2 Å². The molecule has 186 valence electrons. The van der Waals surface area contributed by atoms with Crippen LogP contribution in [0.15, 0.2) is 85.2 Å². The molecule has 4 aromatic rings. The lowest BCUT2D eigenvalue weighted by atomic mass is 9.79. The van der Waals surface area contributed by atoms with Crippen molar-refractivity contribution >= 4 is 23.1 Å². The third kappa shape index (κ3) is 4.90. The number of para-hydroxylation sites is 1. The SMILES string of the molecule is C=CC(=O)NNC(=O)C=C1CC(c2nc(-c3ccc(Oc4ccccc4)cc3F)c3c(N)nccn23)C1. The molecule has 4 N–H and O–H groups in total. The maximum Gasteiger partial charge on any atom is 0.262 e. The number of nitrogens with one attached hydrogen (secondary N) is 2. The number of hydrogen-bond donors (Lipinski definition) is 3. The summed E-state index contributed by atoms with van der Waals surface area (Å²) in [4.78, 5) is 32.1. The molecule has 10 heteroatoms. The van der Waals surface area contributed by atoms with Gasteiger partial charge < -0.3 is 10.5 Å². The second-order valence-electron chi connectivity index (χ2n) is 8.50. The fraction of sp³-hybridized carbons (Fsp3) is 0.111. The number of ether oxygens (including phenoxy) is 1. The largest absolute Gasteiger partial charge is 0.457 e. The Labute approximate surface area is 211 Å². The third-order valence-electron chi connectivity index (χ3n) is 6.00. The second-order valence-corrected chi connectivity index (χ2v) is 8.50. The van der Waals surface area contributed by atoms with Crippen LogP contribution in [-0.2, 0) is 9.59 Å². The van der Waals surface area contributed by atoms with Crippen LogP contribution < -0.4 is 21.3 Å². The first kappa shape index (κ1) is 23.7. The van der Waals surface area contributed by atoms with Crippen LogP contribution in [-0.4, -0.2) is 26.2 Å². The van der Waals surface area contributed by atoms with Crippen molar-refractivity contribution in [1.29, 1.82) is 0 Å². The summed E-state index contributed by atoms with van der Waals surface area (Å²) in [5.74, 6) is 0.429. The lowest BCUT2D eigenvalue weighted by Gasteiger charge is -2.28. The zero-order valence-corrected chi connectivity index (χ0v) is 19.6. The van der Waals surface area contributed by atoms with Gasteiger partial charge in [0, 0.05) is 36.0 Å². The molecule has 1 aliphatic rings. The number of amides is 2. The Morgan fingerprint density at radius 2 is 1.86 bits per heavy atom. The highest BCUT2D eigenvalue weighted by Crippen LogP contribution is 2.43. The van der Waals surface area contributed by atoms with Gasteiger partial charge in [-0.25, -0.2) is 14.4 Å². The van der Waals surface area contributed by atoms with Gasteiger partial charge in [-0.1, -0.05) is 30.4 Å². The molecule has 0 bridgehead atoms. The van der Waals surface area contributed by atoms with Crippen molar-refractivity contribution in [3.8, 4) is 22.8 Å². The summed E-state index contributed by atoms with van der Waals surface area (Å²) in [7, 11) is 0. The molecule has 1 fully saturated rings. The molecule has 2 heterocycles. The smallest absolute Gasteiger partial charge is 0.262 e. The number of imidazole rings is 1. The molecular weight excluding hydrogens is 475 g/mol. The first-order chi connectivity index (χ1) is 17.9. The predicted octanol–water partition coefficient (Wildman–Crippen LogP) is 4.05. The average Bonchev–Trinajstić information content (AvgIpc) is 3.25. The summed E-state index contributed by atoms with van der Waals surface area (Å²) in [6, 6.07) is 13.7. The first-order valence-corrected chi connectivity index (χ1v) is 11.5. The van der Waals surface area contributed by atoms with Crippen LogP contribution in [0.3, 0.4) is 0 Å². The number of nitrogens with two attached hydrogens (primary N) is 1. The third-order valence-corrected chi connectivity index (χ3v) is 6.00. The van der Waals surface area contributed by atoms with Gasteiger partial charge in [0.1, 0.15) is 40.2 Å². The molecule has 0 aliphatic heterocycles. The number of anilines is 1. The van der Waals surface area contributed by atoms with Gasteiger partial charge in [0.25, 0.3) is 11.8 Å². The predicted molar refractivity (Wildman–Crippen MR) is 136 cm³/mol. The Morgan fingerprint density at radius 1 is 1.11 bits per heavy atom. The second kappa shape index (κ2) is 9.94. The molecule has 0 unspecified atom stereocenters. The lowest BCUT2D eigenvalue weighted by Crippen LogP contribution is -2.40. The van der Waals surface area contributed by atoms with Crippen molar-refractivity contribution in [3.05, 3.63) is 96.9 Å². The molecule has 9 nitrogen and oxygen atoms in total. The van der Waals surface area contributed by atoms with Crippen molar-refractivity contribution < 1.29 is 18.7 Å². The minimum absolute atomic E-state index is 0.00591. The van der Waals surface area contributed by atoms with Crippen molar-refractivity contribution in [2.24, 2.45) is 0 Å². The minimum Gasteiger partial charge on any atom is -0.457 e. The van der Waals surface area contributed by atoms with Crippen LogP contribution >= 0.6 is 0 Å². The molecular formula is C27H23FN6O3. The van der Waals surface area contributed by atoms with E-state index in [2.05, 4.69) is 22.4 Å². The number of allylic oxidation sites excluding steroid dienone is 1. The molecule has 37 heavy (non-hydrogen) atoms. The number of carbonyl (C=O) groups excluding carboxylic acids is 2. The summed E-state index contributed by atoms with van der Waals surface area (Å²) >= 11 is 0. The number of rotatable bonds is 6. The Morgan fingerprint density at radius 3 is 2.59 bits per heavy atom. The highest BCUT2D eigenvalue weighted by atomic mass is 19.1. The van der Waals surface area contributed by atoms with Crippen molar-refractivity contribution in [1.82, 2.24) is 25.2 Å². The van der Waals surface area contributed by atoms with Gasteiger partial charge in [-0.3, -0.25) is 24.8 Å². The molecule has 1 saturated carbocycles. The number of nitrogens with zero attached hydrogens (tertiary/aromatic N) is 3. The molecule has 0 radical (unpaired) electrons. The number of hydrogen-bond acceptors (Lipinski definition) is 6. The van der Waals surface area contributed by atoms with Gasteiger partial charge in [-0.05, 0) is 43.2 Å². The summed E-state index contributed by atoms with van der Waals surface area (Å²) in [5, 5.41) is 0. The molecule has 2 aromatic carbocycles. The van der Waals surface area contributed by atoms with Gasteiger partial charge in [-0.2, -0.15) is 0 Å². The Kier molecular flexibility index (Phi) is 6.38. The fourth-order valence-corrected chi connectivity index (χ4v) is 4.21. The molecule has 0 spiro atoms. The van der Waals surface area contributed by atoms with E-state index >= 15 is 4.39 Å². The highest BCUT2D eigenvalue weighted by molar-refractivity contribution is 5.93. The molecule has 5 rings (SSSR count). The van der Waals surface area contributed by atoms with E-state index in [9.17, 15) is 9.59 Å². The molecule has 2 aromatic heterocycles. The summed E-state index contributed by atoms with van der Waals surface area (Å²) < 4.78 is 22.8. The topological polar surface area (TPSA) is 124 Å². The number of halogens is 1. The average molecular weight is 499 g/mol. The summed E-state index contributed by atoms with van der Waals surface area (Å²) in [6.07, 6.45) is 6.96. The standard InChI is InChI=1S/C27H23FN6O3/c1-2-22(35)32-33-23(36)14-16-12-17(13-16)27-31-24(25-26(29)30-10-11-34(25)27)20-9-8-19(15-21(20)28)37-18-6-4-3-5-7-18/h2-11,14-15,17H,1,12-13H2,(H2,29,30)(H,32,35)(H,33,36). The highest BCUT2D eigenvalue weighted by Gasteiger charge is 2.31. The molecule has 2 amide bonds. The molecule has 0 atom stereocenters. The zero-order chi connectivity index (χ0) is 25.9. The molecule has 0 saturated heterocycles. The normalized spacial score (nSPS) is 14.5. The Hall–Kier alpha value is -4.99. The Balaban J connectivity index is 1.40. The number of aromatic nitrogens is 3. The van der Waals surface area contributed by atoms with E-state index in [4.69, 9.17) is 15.5 Å². The van der Waals surface area contributed by atoms with E-state index in [1.165, 1.54) is 12.1 Å². The number of hydrazine groups is 1. The van der Waals surface area contributed by atoms with E-state index < -0.39 is 17.6 Å². The summed E-state index contributed by atoms with van der Waals surface area (Å²) in [6.45, 7) is 3.32. The van der Waals surface area contributed by atoms with E-state index in [1.54, 1.807) is 36.7 Å². The van der Waals surface area contributed by atoms with Crippen molar-refractivity contribution in [2.75, 3.05) is 5.73 Å². The van der Waals surface area contributed by atoms with Crippen LogP contribution in [0.5, 0.6) is 11.5 Å². The number of benzene rings is 2. The Bertz CT molecular complexity index is 1540. The van der Waals surface area contributed by atoms with Gasteiger partial charge in [-0.15, -0.1) is 0 Å². The van der Waals surface area contributed by atoms with Gasteiger partial charge in [0.05, 0.1) is 0 Å². The number of carbonyl (C=O) groups is 2. The summed E-state index contributed by atoms with van der Waals surface area (Å²) in [5.41, 5.74) is 12.8. The number of fused-ring (bicyclic) bond motifs is 1. The van der Waals surface area contributed by atoms with Gasteiger partial charge in [0.15, 0.2) is 0 Å². The van der Waals surface area contributed by atoms with Crippen LogP contribution in [0.2, 0.25) is 0 Å². The maximum atomic E-state index is 15.3. The van der Waals surface area contributed by atoms with Crippen molar-refractivity contribution in [3.63, 3.8) is 0 Å². The molecule has 1 aliphatic carbocycles. The van der Waals surface area contributed by atoms with E-state index in [0.717, 1.165) is 11.6 Å². The van der Waals surface area contributed by atoms with Crippen molar-refractivity contribution in [2.45, 2.75) is 18.8 Å². The van der Waals surface area contributed by atoms with Gasteiger partial charge >= 0.3 is 0 Å². The van der Waals surface area contributed by atoms with E-state index in [-0.39, 0.29) is 17.3 Å². The monoisotopic (exact) mass is 498 g/mol.